The maximum Gasteiger partial charge on any atom is 0.253 e. The van der Waals surface area contributed by atoms with Crippen molar-refractivity contribution in [3.05, 3.63) is 95.6 Å². The molecule has 1 amide bonds. The van der Waals surface area contributed by atoms with Crippen LogP contribution >= 0.6 is 0 Å². The van der Waals surface area contributed by atoms with Crippen LogP contribution in [-0.2, 0) is 24.4 Å². The van der Waals surface area contributed by atoms with Crippen LogP contribution in [0, 0.1) is 0 Å². The third-order valence-electron chi connectivity index (χ3n) is 4.09. The summed E-state index contributed by atoms with van der Waals surface area (Å²) < 4.78 is 24.1. The Kier molecular flexibility index (Phi) is 6.78. The van der Waals surface area contributed by atoms with Crippen molar-refractivity contribution in [2.24, 2.45) is 0 Å². The number of anilines is 2. The lowest BCUT2D eigenvalue weighted by Gasteiger charge is -2.15. The number of carbonyl (C=O) groups is 1. The minimum atomic E-state index is -2.46. The number of hydrogen-bond donors (Lipinski definition) is 3. The molecule has 0 saturated carbocycles. The molecule has 0 aromatic heterocycles. The number of amides is 1. The van der Waals surface area contributed by atoms with E-state index in [1.165, 1.54) is 6.07 Å². The summed E-state index contributed by atoms with van der Waals surface area (Å²) in [6.45, 7) is 0.920. The quantitative estimate of drug-likeness (QED) is 0.510. The van der Waals surface area contributed by atoms with Crippen LogP contribution < -0.4 is 15.4 Å². The van der Waals surface area contributed by atoms with Gasteiger partial charge in [0.25, 0.3) is 5.91 Å². The van der Waals surface area contributed by atoms with E-state index in [1.807, 2.05) is 60.7 Å². The molecule has 0 aliphatic carbocycles. The van der Waals surface area contributed by atoms with Gasteiger partial charge in [-0.25, -0.2) is 0 Å². The van der Waals surface area contributed by atoms with Crippen LogP contribution in [0.25, 0.3) is 0 Å². The molecule has 1 atom stereocenters. The average Bonchev–Trinajstić information content (AvgIpc) is 2.72. The first-order valence-electron chi connectivity index (χ1n) is 8.72. The summed E-state index contributed by atoms with van der Waals surface area (Å²) >= 11 is -2.46. The van der Waals surface area contributed by atoms with E-state index in [1.54, 1.807) is 12.1 Å². The first-order chi connectivity index (χ1) is 13.6. The lowest BCUT2D eigenvalue weighted by molar-refractivity contribution is 0.0951. The van der Waals surface area contributed by atoms with Gasteiger partial charge in [0.2, 0.25) is 0 Å². The van der Waals surface area contributed by atoms with Gasteiger partial charge in [0, 0.05) is 35.7 Å². The summed E-state index contributed by atoms with van der Waals surface area (Å²) in [6.07, 6.45) is 0. The van der Waals surface area contributed by atoms with Crippen LogP contribution in [0.15, 0.2) is 78.9 Å². The molecule has 0 heterocycles. The Morgan fingerprint density at radius 1 is 0.857 bits per heavy atom. The van der Waals surface area contributed by atoms with E-state index in [0.29, 0.717) is 30.0 Å². The molecule has 0 spiro atoms. The molecule has 0 aliphatic heterocycles. The second-order valence-electron chi connectivity index (χ2n) is 6.10. The molecule has 6 nitrogen and oxygen atoms in total. The minimum absolute atomic E-state index is 0.292. The van der Waals surface area contributed by atoms with Crippen molar-refractivity contribution in [3.8, 4) is 0 Å². The minimum Gasteiger partial charge on any atom is -0.755 e. The highest BCUT2D eigenvalue weighted by molar-refractivity contribution is 7.80. The molecule has 7 heteroatoms. The highest BCUT2D eigenvalue weighted by Gasteiger charge is 2.13. The molecule has 3 N–H and O–H groups in total. The van der Waals surface area contributed by atoms with Gasteiger partial charge in [-0.05, 0) is 29.3 Å². The van der Waals surface area contributed by atoms with Crippen LogP contribution in [0.5, 0.6) is 0 Å². The van der Waals surface area contributed by atoms with Gasteiger partial charge in [0.15, 0.2) is 0 Å². The fraction of sp³-hybridized carbons (Fsp3) is 0.0952. The fourth-order valence-corrected chi connectivity index (χ4v) is 3.03. The predicted molar refractivity (Wildman–Crippen MR) is 110 cm³/mol. The number of carbonyl (C=O) groups excluding carboxylic acids is 1. The summed E-state index contributed by atoms with van der Waals surface area (Å²) in [5, 5.41) is 6.12. The summed E-state index contributed by atoms with van der Waals surface area (Å²) in [5.74, 6) is -0.292. The van der Waals surface area contributed by atoms with Crippen molar-refractivity contribution in [2.75, 3.05) is 10.0 Å². The monoisotopic (exact) mass is 394 g/mol. The van der Waals surface area contributed by atoms with E-state index in [-0.39, 0.29) is 5.91 Å². The van der Waals surface area contributed by atoms with Gasteiger partial charge in [-0.3, -0.25) is 9.00 Å². The van der Waals surface area contributed by atoms with Crippen LogP contribution in [0.2, 0.25) is 0 Å². The van der Waals surface area contributed by atoms with Gasteiger partial charge in [-0.1, -0.05) is 60.7 Å². The summed E-state index contributed by atoms with van der Waals surface area (Å²) in [4.78, 5) is 12.8. The number of rotatable bonds is 8. The Labute approximate surface area is 166 Å². The van der Waals surface area contributed by atoms with Crippen molar-refractivity contribution in [2.45, 2.75) is 13.1 Å². The smallest absolute Gasteiger partial charge is 0.253 e. The fourth-order valence-electron chi connectivity index (χ4n) is 2.71. The van der Waals surface area contributed by atoms with Gasteiger partial charge in [-0.2, -0.15) is 0 Å². The van der Waals surface area contributed by atoms with Gasteiger partial charge in [0.1, 0.15) is 0 Å². The van der Waals surface area contributed by atoms with Crippen molar-refractivity contribution < 1.29 is 13.6 Å². The average molecular weight is 394 g/mol. The van der Waals surface area contributed by atoms with E-state index in [0.717, 1.165) is 11.1 Å². The molecule has 0 aliphatic rings. The number of nitrogens with one attached hydrogen (secondary N) is 3. The van der Waals surface area contributed by atoms with E-state index < -0.39 is 11.3 Å². The Morgan fingerprint density at radius 2 is 1.46 bits per heavy atom. The van der Waals surface area contributed by atoms with Crippen molar-refractivity contribution in [1.29, 1.82) is 0 Å². The van der Waals surface area contributed by atoms with E-state index in [4.69, 9.17) is 0 Å². The lowest BCUT2D eigenvalue weighted by atomic mass is 10.1. The van der Waals surface area contributed by atoms with Crippen LogP contribution in [0.3, 0.4) is 0 Å². The van der Waals surface area contributed by atoms with Gasteiger partial charge in [0.05, 0.1) is 5.56 Å². The second-order valence-corrected chi connectivity index (χ2v) is 6.78. The highest BCUT2D eigenvalue weighted by Crippen LogP contribution is 2.22. The second kappa shape index (κ2) is 9.68. The molecule has 0 fully saturated rings. The Bertz CT molecular complexity index is 950. The molecule has 1 unspecified atom stereocenters. The third kappa shape index (κ3) is 5.67. The Morgan fingerprint density at radius 3 is 2.07 bits per heavy atom. The van der Waals surface area contributed by atoms with E-state index in [9.17, 15) is 13.6 Å². The zero-order valence-electron chi connectivity index (χ0n) is 15.1. The maximum absolute atomic E-state index is 12.8. The topological polar surface area (TPSA) is 93.3 Å². The Hall–Kier alpha value is -3.16. The molecule has 0 bridgehead atoms. The van der Waals surface area contributed by atoms with Crippen LogP contribution in [0.4, 0.5) is 11.4 Å². The van der Waals surface area contributed by atoms with Gasteiger partial charge in [-0.15, -0.1) is 0 Å². The van der Waals surface area contributed by atoms with E-state index in [2.05, 4.69) is 15.4 Å². The highest BCUT2D eigenvalue weighted by atomic mass is 32.2. The van der Waals surface area contributed by atoms with Crippen LogP contribution in [0.1, 0.15) is 21.5 Å². The first kappa shape index (κ1) is 19.6. The molecule has 144 valence electrons. The molecule has 3 aromatic carbocycles. The normalized spacial score (nSPS) is 11.5. The van der Waals surface area contributed by atoms with Gasteiger partial charge < -0.3 is 19.9 Å². The first-order valence-corrected chi connectivity index (χ1v) is 9.79. The predicted octanol–water partition coefficient (Wildman–Crippen LogP) is 3.43. The lowest BCUT2D eigenvalue weighted by Crippen LogP contribution is -2.24. The number of hydrogen-bond acceptors (Lipinski definition) is 4. The third-order valence-corrected chi connectivity index (χ3v) is 4.49. The summed E-state index contributed by atoms with van der Waals surface area (Å²) in [6, 6.07) is 24.2. The number of benzene rings is 3. The van der Waals surface area contributed by atoms with E-state index >= 15 is 0 Å². The zero-order valence-corrected chi connectivity index (χ0v) is 15.9. The summed E-state index contributed by atoms with van der Waals surface area (Å²) in [5.41, 5.74) is 3.35. The Balaban J connectivity index is 1.77. The molecule has 28 heavy (non-hydrogen) atoms. The molecular weight excluding hydrogens is 374 g/mol. The maximum atomic E-state index is 12.8. The SMILES string of the molecule is O=C(NCc1ccccc1)c1cc(NS(=O)[O-])ccc1NCc1ccccc1. The summed E-state index contributed by atoms with van der Waals surface area (Å²) in [7, 11) is 0. The molecule has 0 saturated heterocycles. The van der Waals surface area contributed by atoms with Crippen molar-refractivity contribution in [3.63, 3.8) is 0 Å². The molecular formula is C21H20N3O3S-. The molecule has 3 rings (SSSR count). The van der Waals surface area contributed by atoms with Gasteiger partial charge >= 0.3 is 0 Å². The van der Waals surface area contributed by atoms with Crippen LogP contribution in [-0.4, -0.2) is 14.7 Å². The van der Waals surface area contributed by atoms with Crippen molar-refractivity contribution in [1.82, 2.24) is 5.32 Å². The zero-order chi connectivity index (χ0) is 19.8. The standard InChI is InChI=1S/C21H21N3O3S/c25-21(23-15-17-9-5-2-6-10-17)19-13-18(24-28(26)27)11-12-20(19)22-14-16-7-3-1-4-8-16/h1-13,22,24H,14-15H2,(H,23,25)(H,26,27)/p-1. The largest absolute Gasteiger partial charge is 0.755 e. The van der Waals surface area contributed by atoms with Crippen molar-refractivity contribution >= 4 is 28.5 Å². The molecule has 3 aromatic rings. The molecule has 0 radical (unpaired) electrons.